The van der Waals surface area contributed by atoms with Gasteiger partial charge in [0.15, 0.2) is 5.76 Å². The average Bonchev–Trinajstić information content (AvgIpc) is 3.04. The SMILES string of the molecule is CC(C)(C)[C@@H]1C=C(C(=O)N2CCCC2)O[C@H](OCCCCO)C1. The summed E-state index contributed by atoms with van der Waals surface area (Å²) in [5, 5.41) is 8.84. The number of aliphatic hydroxyl groups excluding tert-OH is 1. The summed E-state index contributed by atoms with van der Waals surface area (Å²) in [6.07, 6.45) is 6.06. The van der Waals surface area contributed by atoms with Gasteiger partial charge in [0.05, 0.1) is 6.61 Å². The van der Waals surface area contributed by atoms with E-state index in [1.54, 1.807) is 0 Å². The maximum absolute atomic E-state index is 12.6. The van der Waals surface area contributed by atoms with Gasteiger partial charge in [-0.1, -0.05) is 20.8 Å². The zero-order chi connectivity index (χ0) is 16.9. The van der Waals surface area contributed by atoms with Crippen LogP contribution in [0.3, 0.4) is 0 Å². The zero-order valence-corrected chi connectivity index (χ0v) is 14.7. The van der Waals surface area contributed by atoms with E-state index < -0.39 is 0 Å². The first kappa shape index (κ1) is 18.3. The molecule has 0 aliphatic carbocycles. The van der Waals surface area contributed by atoms with Crippen LogP contribution >= 0.6 is 0 Å². The van der Waals surface area contributed by atoms with Gasteiger partial charge in [0.25, 0.3) is 5.91 Å². The molecule has 1 saturated heterocycles. The van der Waals surface area contributed by atoms with Crippen LogP contribution in [0.15, 0.2) is 11.8 Å². The minimum Gasteiger partial charge on any atom is -0.459 e. The molecule has 1 fully saturated rings. The lowest BCUT2D eigenvalue weighted by atomic mass is 9.77. The number of hydrogen-bond donors (Lipinski definition) is 1. The number of ether oxygens (including phenoxy) is 2. The fourth-order valence-electron chi connectivity index (χ4n) is 3.02. The van der Waals surface area contributed by atoms with Gasteiger partial charge in [-0.25, -0.2) is 0 Å². The third-order valence-electron chi connectivity index (χ3n) is 4.63. The Morgan fingerprint density at radius 1 is 1.35 bits per heavy atom. The topological polar surface area (TPSA) is 59.0 Å². The largest absolute Gasteiger partial charge is 0.459 e. The molecule has 2 heterocycles. The zero-order valence-electron chi connectivity index (χ0n) is 14.7. The Morgan fingerprint density at radius 2 is 2.04 bits per heavy atom. The van der Waals surface area contributed by atoms with Crippen molar-refractivity contribution in [3.8, 4) is 0 Å². The summed E-state index contributed by atoms with van der Waals surface area (Å²) in [4.78, 5) is 14.5. The first-order valence-electron chi connectivity index (χ1n) is 8.82. The van der Waals surface area contributed by atoms with Gasteiger partial charge in [-0.05, 0) is 43.1 Å². The van der Waals surface area contributed by atoms with E-state index >= 15 is 0 Å². The van der Waals surface area contributed by atoms with E-state index in [0.717, 1.165) is 45.2 Å². The minimum atomic E-state index is -0.371. The van der Waals surface area contributed by atoms with E-state index in [0.29, 0.717) is 12.4 Å². The number of amides is 1. The van der Waals surface area contributed by atoms with Gasteiger partial charge >= 0.3 is 0 Å². The molecule has 0 spiro atoms. The lowest BCUT2D eigenvalue weighted by Crippen LogP contribution is -2.37. The van der Waals surface area contributed by atoms with Gasteiger partial charge < -0.3 is 19.5 Å². The van der Waals surface area contributed by atoms with Crippen molar-refractivity contribution in [2.24, 2.45) is 11.3 Å². The molecule has 5 nitrogen and oxygen atoms in total. The van der Waals surface area contributed by atoms with Crippen molar-refractivity contribution in [3.05, 3.63) is 11.8 Å². The molecule has 0 saturated carbocycles. The Hall–Kier alpha value is -1.07. The van der Waals surface area contributed by atoms with Crippen LogP contribution in [0.4, 0.5) is 0 Å². The quantitative estimate of drug-likeness (QED) is 0.763. The van der Waals surface area contributed by atoms with E-state index in [1.165, 1.54) is 0 Å². The van der Waals surface area contributed by atoms with Crippen molar-refractivity contribution in [2.75, 3.05) is 26.3 Å². The van der Waals surface area contributed by atoms with Crippen molar-refractivity contribution in [3.63, 3.8) is 0 Å². The van der Waals surface area contributed by atoms with E-state index in [-0.39, 0.29) is 30.1 Å². The summed E-state index contributed by atoms with van der Waals surface area (Å²) in [5.41, 5.74) is 0.0625. The second-order valence-electron chi connectivity index (χ2n) is 7.59. The Kier molecular flexibility index (Phi) is 6.48. The molecule has 1 N–H and O–H groups in total. The van der Waals surface area contributed by atoms with Gasteiger partial charge in [0.1, 0.15) is 0 Å². The Balaban J connectivity index is 2.02. The fraction of sp³-hybridized carbons (Fsp3) is 0.833. The molecular weight excluding hydrogens is 294 g/mol. The van der Waals surface area contributed by atoms with Crippen molar-refractivity contribution >= 4 is 5.91 Å². The van der Waals surface area contributed by atoms with Crippen molar-refractivity contribution in [2.45, 2.75) is 59.2 Å². The van der Waals surface area contributed by atoms with Crippen molar-refractivity contribution < 1.29 is 19.4 Å². The van der Waals surface area contributed by atoms with E-state index in [1.807, 2.05) is 11.0 Å². The van der Waals surface area contributed by atoms with Gasteiger partial charge in [-0.2, -0.15) is 0 Å². The van der Waals surface area contributed by atoms with E-state index in [9.17, 15) is 4.79 Å². The molecule has 0 unspecified atom stereocenters. The molecule has 0 aromatic carbocycles. The van der Waals surface area contributed by atoms with Crippen LogP contribution < -0.4 is 0 Å². The number of unbranched alkanes of at least 4 members (excludes halogenated alkanes) is 1. The Morgan fingerprint density at radius 3 is 2.65 bits per heavy atom. The highest BCUT2D eigenvalue weighted by Gasteiger charge is 2.35. The van der Waals surface area contributed by atoms with Gasteiger partial charge in [0.2, 0.25) is 6.29 Å². The summed E-state index contributed by atoms with van der Waals surface area (Å²) in [7, 11) is 0. The molecule has 2 atom stereocenters. The summed E-state index contributed by atoms with van der Waals surface area (Å²) >= 11 is 0. The van der Waals surface area contributed by atoms with Gasteiger partial charge in [0, 0.05) is 26.1 Å². The van der Waals surface area contributed by atoms with Crippen molar-refractivity contribution in [1.29, 1.82) is 0 Å². The normalized spacial score (nSPS) is 25.2. The highest BCUT2D eigenvalue weighted by molar-refractivity contribution is 5.91. The number of likely N-dealkylation sites (tertiary alicyclic amines) is 1. The molecule has 2 rings (SSSR count). The minimum absolute atomic E-state index is 0.000378. The van der Waals surface area contributed by atoms with Crippen LogP contribution in [-0.4, -0.2) is 48.5 Å². The van der Waals surface area contributed by atoms with Gasteiger partial charge in [-0.3, -0.25) is 4.79 Å². The maximum Gasteiger partial charge on any atom is 0.288 e. The second kappa shape index (κ2) is 8.15. The monoisotopic (exact) mass is 325 g/mol. The fourth-order valence-corrected chi connectivity index (χ4v) is 3.02. The Bertz CT molecular complexity index is 421. The van der Waals surface area contributed by atoms with Crippen molar-refractivity contribution in [1.82, 2.24) is 4.90 Å². The molecule has 2 aliphatic heterocycles. The summed E-state index contributed by atoms with van der Waals surface area (Å²) in [5.74, 6) is 0.700. The number of carbonyl (C=O) groups excluding carboxylic acids is 1. The maximum atomic E-state index is 12.6. The lowest BCUT2D eigenvalue weighted by molar-refractivity contribution is -0.157. The third kappa shape index (κ3) is 5.21. The van der Waals surface area contributed by atoms with Crippen LogP contribution in [0, 0.1) is 11.3 Å². The summed E-state index contributed by atoms with van der Waals surface area (Å²) in [6.45, 7) is 8.91. The van der Waals surface area contributed by atoms with Crippen LogP contribution in [-0.2, 0) is 14.3 Å². The second-order valence-corrected chi connectivity index (χ2v) is 7.59. The smallest absolute Gasteiger partial charge is 0.288 e. The van der Waals surface area contributed by atoms with E-state index in [4.69, 9.17) is 14.6 Å². The highest BCUT2D eigenvalue weighted by Crippen LogP contribution is 2.37. The predicted octanol–water partition coefficient (Wildman–Crippen LogP) is 2.69. The molecule has 132 valence electrons. The Labute approximate surface area is 139 Å². The third-order valence-corrected chi connectivity index (χ3v) is 4.63. The molecule has 5 heteroatoms. The molecule has 0 bridgehead atoms. The molecule has 0 radical (unpaired) electrons. The molecule has 0 aromatic rings. The van der Waals surface area contributed by atoms with Gasteiger partial charge in [-0.15, -0.1) is 0 Å². The van der Waals surface area contributed by atoms with Crippen LogP contribution in [0.25, 0.3) is 0 Å². The molecule has 1 amide bonds. The molecular formula is C18H31NO4. The number of aliphatic hydroxyl groups is 1. The van der Waals surface area contributed by atoms with Crippen LogP contribution in [0.5, 0.6) is 0 Å². The van der Waals surface area contributed by atoms with Crippen LogP contribution in [0.1, 0.15) is 52.9 Å². The first-order valence-corrected chi connectivity index (χ1v) is 8.82. The average molecular weight is 325 g/mol. The number of carbonyl (C=O) groups is 1. The first-order chi connectivity index (χ1) is 10.9. The molecule has 23 heavy (non-hydrogen) atoms. The predicted molar refractivity (Wildman–Crippen MR) is 88.6 cm³/mol. The highest BCUT2D eigenvalue weighted by atomic mass is 16.7. The van der Waals surface area contributed by atoms with E-state index in [2.05, 4.69) is 20.8 Å². The van der Waals surface area contributed by atoms with Crippen LogP contribution in [0.2, 0.25) is 0 Å². The summed E-state index contributed by atoms with van der Waals surface area (Å²) in [6, 6.07) is 0. The standard InChI is InChI=1S/C18H31NO4/c1-18(2,3)14-12-15(17(21)19-8-4-5-9-19)23-16(13-14)22-11-7-6-10-20/h12,14,16,20H,4-11,13H2,1-3H3/t14-,16+/m1/s1. The number of rotatable bonds is 6. The summed E-state index contributed by atoms with van der Waals surface area (Å²) < 4.78 is 11.7. The molecule has 0 aromatic heterocycles. The molecule has 2 aliphatic rings. The number of hydrogen-bond acceptors (Lipinski definition) is 4. The lowest BCUT2D eigenvalue weighted by Gasteiger charge is -2.36. The number of allylic oxidation sites excluding steroid dienone is 1. The number of nitrogens with zero attached hydrogens (tertiary/aromatic N) is 1.